The molecule has 2 heterocycles. The summed E-state index contributed by atoms with van der Waals surface area (Å²) in [7, 11) is 0. The zero-order chi connectivity index (χ0) is 14.2. The summed E-state index contributed by atoms with van der Waals surface area (Å²) in [6, 6.07) is 1.90. The number of halogens is 1. The predicted octanol–water partition coefficient (Wildman–Crippen LogP) is 1.81. The van der Waals surface area contributed by atoms with Crippen molar-refractivity contribution in [3.63, 3.8) is 0 Å². The summed E-state index contributed by atoms with van der Waals surface area (Å²) in [6.45, 7) is 3.47. The lowest BCUT2D eigenvalue weighted by Crippen LogP contribution is -2.36. The third-order valence-corrected chi connectivity index (χ3v) is 3.35. The van der Waals surface area contributed by atoms with E-state index in [2.05, 4.69) is 5.16 Å². The van der Waals surface area contributed by atoms with Gasteiger partial charge in [0.15, 0.2) is 17.8 Å². The Hall–Kier alpha value is -1.84. The van der Waals surface area contributed by atoms with Crippen LogP contribution in [-0.4, -0.2) is 22.4 Å². The van der Waals surface area contributed by atoms with E-state index in [1.807, 2.05) is 13.0 Å². The van der Waals surface area contributed by atoms with Crippen molar-refractivity contribution in [2.45, 2.75) is 32.9 Å². The van der Waals surface area contributed by atoms with Crippen LogP contribution in [0.2, 0.25) is 0 Å². The van der Waals surface area contributed by atoms with Gasteiger partial charge in [-0.1, -0.05) is 30.1 Å². The van der Waals surface area contributed by atoms with Gasteiger partial charge in [0.1, 0.15) is 16.7 Å². The topological polar surface area (TPSA) is 90.4 Å². The number of rotatable bonds is 3. The quantitative estimate of drug-likeness (QED) is 0.912. The molecule has 0 fully saturated rings. The number of nitrogens with zero attached hydrogens (tertiary/aromatic N) is 3. The van der Waals surface area contributed by atoms with Crippen molar-refractivity contribution < 1.29 is 14.4 Å². The Morgan fingerprint density at radius 1 is 1.63 bits per heavy atom. The van der Waals surface area contributed by atoms with Crippen molar-refractivity contribution in [1.82, 2.24) is 5.16 Å². The summed E-state index contributed by atoms with van der Waals surface area (Å²) in [4.78, 5) is 13.1. The highest BCUT2D eigenvalue weighted by atomic mass is 35.5. The van der Waals surface area contributed by atoms with E-state index in [1.165, 1.54) is 0 Å². The average Bonchev–Trinajstić information content (AvgIpc) is 2.84. The smallest absolute Gasteiger partial charge is 0.273 e. The van der Waals surface area contributed by atoms with E-state index < -0.39 is 12.1 Å². The van der Waals surface area contributed by atoms with Crippen molar-refractivity contribution in [3.05, 3.63) is 21.9 Å². The van der Waals surface area contributed by atoms with Crippen molar-refractivity contribution in [3.8, 4) is 6.07 Å². The van der Waals surface area contributed by atoms with E-state index in [1.54, 1.807) is 6.92 Å². The Morgan fingerprint density at radius 2 is 2.32 bits per heavy atom. The van der Waals surface area contributed by atoms with E-state index in [4.69, 9.17) is 21.4 Å². The van der Waals surface area contributed by atoms with Gasteiger partial charge >= 0.3 is 0 Å². The van der Waals surface area contributed by atoms with Gasteiger partial charge in [-0.05, 0) is 13.3 Å². The van der Waals surface area contributed by atoms with Crippen LogP contribution in [0.1, 0.15) is 31.1 Å². The summed E-state index contributed by atoms with van der Waals surface area (Å²) in [5.74, 6) is -0.276. The van der Waals surface area contributed by atoms with Gasteiger partial charge in [0.05, 0.1) is 0 Å². The molecule has 0 radical (unpaired) electrons. The van der Waals surface area contributed by atoms with Gasteiger partial charge in [-0.25, -0.2) is 0 Å². The maximum Gasteiger partial charge on any atom is 0.273 e. The molecule has 7 heteroatoms. The fourth-order valence-corrected chi connectivity index (χ4v) is 2.28. The number of aliphatic hydroxyl groups excluding tert-OH is 1. The second-order valence-corrected chi connectivity index (χ2v) is 4.57. The first kappa shape index (κ1) is 13.6. The molecule has 0 saturated carbocycles. The van der Waals surface area contributed by atoms with Crippen LogP contribution in [0, 0.1) is 18.3 Å². The Labute approximate surface area is 114 Å². The Bertz CT molecular complexity index is 600. The maximum absolute atomic E-state index is 12.1. The zero-order valence-corrected chi connectivity index (χ0v) is 11.2. The second-order valence-electron chi connectivity index (χ2n) is 4.19. The molecule has 0 saturated heterocycles. The molecule has 6 nitrogen and oxygen atoms in total. The summed E-state index contributed by atoms with van der Waals surface area (Å²) in [5, 5.41) is 22.9. The number of hydrogen-bond acceptors (Lipinski definition) is 5. The van der Waals surface area contributed by atoms with Crippen LogP contribution in [0.3, 0.4) is 0 Å². The minimum Gasteiger partial charge on any atom is -0.369 e. The molecule has 100 valence electrons. The van der Waals surface area contributed by atoms with Crippen molar-refractivity contribution in [2.24, 2.45) is 0 Å². The molecule has 1 aromatic rings. The lowest BCUT2D eigenvalue weighted by molar-refractivity contribution is -0.115. The van der Waals surface area contributed by atoms with E-state index >= 15 is 0 Å². The Balaban J connectivity index is 2.44. The highest BCUT2D eigenvalue weighted by Gasteiger charge is 2.40. The van der Waals surface area contributed by atoms with Gasteiger partial charge < -0.3 is 9.63 Å². The lowest BCUT2D eigenvalue weighted by atomic mass is 10.1. The number of hydrogen-bond donors (Lipinski definition) is 1. The van der Waals surface area contributed by atoms with Gasteiger partial charge in [0, 0.05) is 5.57 Å². The van der Waals surface area contributed by atoms with Crippen molar-refractivity contribution in [1.29, 1.82) is 5.26 Å². The molecule has 19 heavy (non-hydrogen) atoms. The fraction of sp³-hybridized carbons (Fsp3) is 0.417. The molecular formula is C12H12ClN3O3. The largest absolute Gasteiger partial charge is 0.369 e. The van der Waals surface area contributed by atoms with Crippen LogP contribution in [0.25, 0.3) is 0 Å². The summed E-state index contributed by atoms with van der Waals surface area (Å²) in [6.07, 6.45) is 0.0461. The molecule has 0 bridgehead atoms. The molecule has 0 aliphatic carbocycles. The molecule has 1 N–H and O–H groups in total. The number of aliphatic hydroxyl groups is 1. The van der Waals surface area contributed by atoms with Crippen LogP contribution >= 0.6 is 11.6 Å². The number of nitriles is 1. The molecule has 0 spiro atoms. The number of anilines is 1. The third kappa shape index (κ3) is 2.01. The second kappa shape index (κ2) is 5.03. The molecular weight excluding hydrogens is 270 g/mol. The zero-order valence-electron chi connectivity index (χ0n) is 10.5. The molecule has 1 amide bonds. The third-order valence-electron chi connectivity index (χ3n) is 2.95. The van der Waals surface area contributed by atoms with Crippen molar-refractivity contribution >= 4 is 23.3 Å². The number of carbonyl (C=O) groups excluding carboxylic acids is 1. The number of aryl methyl sites for hydroxylation is 1. The van der Waals surface area contributed by atoms with E-state index in [0.717, 1.165) is 11.3 Å². The molecule has 1 unspecified atom stereocenters. The predicted molar refractivity (Wildman–Crippen MR) is 67.2 cm³/mol. The first-order valence-electron chi connectivity index (χ1n) is 5.79. The molecule has 1 aliphatic heterocycles. The minimum absolute atomic E-state index is 0.00162. The number of carbonyl (C=O) groups is 1. The fourth-order valence-electron chi connectivity index (χ4n) is 2.00. The Morgan fingerprint density at radius 3 is 2.89 bits per heavy atom. The van der Waals surface area contributed by atoms with E-state index in [9.17, 15) is 9.90 Å². The molecule has 1 aliphatic rings. The van der Waals surface area contributed by atoms with Crippen LogP contribution in [0.15, 0.2) is 15.1 Å². The average molecular weight is 282 g/mol. The molecule has 1 atom stereocenters. The lowest BCUT2D eigenvalue weighted by Gasteiger charge is -2.19. The van der Waals surface area contributed by atoms with E-state index in [-0.39, 0.29) is 22.2 Å². The standard InChI is InChI=1S/C12H12ClN3O3/c1-3-4-7-9(13)12(18)16(11(7)17)10-8(5-14)6(2)19-15-10/h11,17H,3-4H2,1-2H3. The van der Waals surface area contributed by atoms with Gasteiger partial charge in [-0.3, -0.25) is 9.69 Å². The number of aromatic nitrogens is 1. The van der Waals surface area contributed by atoms with Gasteiger partial charge in [-0.15, -0.1) is 0 Å². The molecule has 0 aromatic carbocycles. The van der Waals surface area contributed by atoms with Crippen LogP contribution in [-0.2, 0) is 4.79 Å². The van der Waals surface area contributed by atoms with Crippen LogP contribution in [0.4, 0.5) is 5.82 Å². The van der Waals surface area contributed by atoms with Gasteiger partial charge in [0.2, 0.25) is 0 Å². The number of amides is 1. The van der Waals surface area contributed by atoms with Gasteiger partial charge in [-0.2, -0.15) is 5.26 Å². The highest BCUT2D eigenvalue weighted by molar-refractivity contribution is 6.45. The first-order chi connectivity index (χ1) is 9.02. The SMILES string of the molecule is CCCC1=C(Cl)C(=O)N(c2noc(C)c2C#N)C1O. The maximum atomic E-state index is 12.1. The normalized spacial score (nSPS) is 19.2. The van der Waals surface area contributed by atoms with Crippen LogP contribution in [0.5, 0.6) is 0 Å². The summed E-state index contributed by atoms with van der Waals surface area (Å²) >= 11 is 5.94. The summed E-state index contributed by atoms with van der Waals surface area (Å²) < 4.78 is 4.89. The van der Waals surface area contributed by atoms with Crippen LogP contribution < -0.4 is 4.90 Å². The monoisotopic (exact) mass is 281 g/mol. The molecule has 1 aromatic heterocycles. The molecule has 2 rings (SSSR count). The van der Waals surface area contributed by atoms with E-state index in [0.29, 0.717) is 12.0 Å². The first-order valence-corrected chi connectivity index (χ1v) is 6.17. The van der Waals surface area contributed by atoms with Gasteiger partial charge in [0.25, 0.3) is 5.91 Å². The minimum atomic E-state index is -1.20. The van der Waals surface area contributed by atoms with Crippen molar-refractivity contribution in [2.75, 3.05) is 4.90 Å². The summed E-state index contributed by atoms with van der Waals surface area (Å²) in [5.41, 5.74) is 0.563. The highest BCUT2D eigenvalue weighted by Crippen LogP contribution is 2.35. The Kier molecular flexibility index (Phi) is 3.60.